The van der Waals surface area contributed by atoms with Gasteiger partial charge < -0.3 is 14.9 Å². The number of ether oxygens (including phenoxy) is 2. The number of nitrogens with two attached hydrogens (primary N) is 1. The van der Waals surface area contributed by atoms with Crippen LogP contribution in [0.5, 0.6) is 0 Å². The Labute approximate surface area is 88.8 Å². The number of anilines is 1. The summed E-state index contributed by atoms with van der Waals surface area (Å²) in [7, 11) is 0. The van der Waals surface area contributed by atoms with Crippen molar-refractivity contribution in [1.82, 2.24) is 9.97 Å². The molecule has 15 heavy (non-hydrogen) atoms. The number of hydrazine groups is 1. The van der Waals surface area contributed by atoms with Crippen molar-refractivity contribution in [1.29, 1.82) is 0 Å². The number of hydrogen-bond donors (Lipinski definition) is 2. The number of nitrogen functional groups attached to an aromatic ring is 1. The van der Waals surface area contributed by atoms with E-state index >= 15 is 0 Å². The third kappa shape index (κ3) is 4.68. The quantitative estimate of drug-likeness (QED) is 0.384. The molecule has 1 rings (SSSR count). The van der Waals surface area contributed by atoms with Gasteiger partial charge in [0.15, 0.2) is 5.82 Å². The lowest BCUT2D eigenvalue weighted by Crippen LogP contribution is -2.10. The summed E-state index contributed by atoms with van der Waals surface area (Å²) in [5.74, 6) is 5.69. The molecular formula is C9H16N4O2. The van der Waals surface area contributed by atoms with Crippen molar-refractivity contribution < 1.29 is 9.47 Å². The van der Waals surface area contributed by atoms with E-state index in [1.165, 1.54) is 0 Å². The Morgan fingerprint density at radius 3 is 2.67 bits per heavy atom. The molecule has 6 nitrogen and oxygen atoms in total. The fourth-order valence-corrected chi connectivity index (χ4v) is 0.943. The molecule has 0 saturated heterocycles. The second kappa shape index (κ2) is 7.10. The first-order valence-corrected chi connectivity index (χ1v) is 4.79. The van der Waals surface area contributed by atoms with Gasteiger partial charge in [-0.15, -0.1) is 0 Å². The molecule has 0 radical (unpaired) electrons. The van der Waals surface area contributed by atoms with E-state index in [2.05, 4.69) is 15.4 Å². The molecule has 0 aliphatic carbocycles. The van der Waals surface area contributed by atoms with Crippen LogP contribution in [0.15, 0.2) is 12.4 Å². The fourth-order valence-electron chi connectivity index (χ4n) is 0.943. The predicted octanol–water partition coefficient (Wildman–Crippen LogP) is 0.315. The summed E-state index contributed by atoms with van der Waals surface area (Å²) in [5.41, 5.74) is 3.17. The average molecular weight is 212 g/mol. The monoisotopic (exact) mass is 212 g/mol. The van der Waals surface area contributed by atoms with Gasteiger partial charge in [0.1, 0.15) is 0 Å². The van der Waals surface area contributed by atoms with Crippen molar-refractivity contribution in [2.24, 2.45) is 5.84 Å². The van der Waals surface area contributed by atoms with E-state index < -0.39 is 0 Å². The van der Waals surface area contributed by atoms with Crippen molar-refractivity contribution in [3.05, 3.63) is 18.1 Å². The SMILES string of the molecule is CCOCCOCc1cnc(NN)cn1. The zero-order valence-corrected chi connectivity index (χ0v) is 8.77. The van der Waals surface area contributed by atoms with Crippen molar-refractivity contribution >= 4 is 5.82 Å². The molecule has 0 bridgehead atoms. The second-order valence-electron chi connectivity index (χ2n) is 2.79. The van der Waals surface area contributed by atoms with Gasteiger partial charge in [-0.05, 0) is 6.92 Å². The maximum atomic E-state index is 5.32. The summed E-state index contributed by atoms with van der Waals surface area (Å²) in [5, 5.41) is 0. The first-order chi connectivity index (χ1) is 7.36. The van der Waals surface area contributed by atoms with Crippen molar-refractivity contribution in [3.63, 3.8) is 0 Å². The lowest BCUT2D eigenvalue weighted by molar-refractivity contribution is 0.0440. The number of rotatable bonds is 7. The standard InChI is InChI=1S/C9H16N4O2/c1-2-14-3-4-15-7-8-5-12-9(13-10)6-11-8/h5-6H,2-4,7,10H2,1H3,(H,12,13). The Morgan fingerprint density at radius 2 is 2.07 bits per heavy atom. The van der Waals surface area contributed by atoms with Crippen LogP contribution in [0.3, 0.4) is 0 Å². The summed E-state index contributed by atoms with van der Waals surface area (Å²) in [6.45, 7) is 4.26. The molecule has 0 saturated carbocycles. The Balaban J connectivity index is 2.20. The molecule has 0 aliphatic rings. The minimum atomic E-state index is 0.435. The fraction of sp³-hybridized carbons (Fsp3) is 0.556. The van der Waals surface area contributed by atoms with E-state index in [0.29, 0.717) is 32.2 Å². The van der Waals surface area contributed by atoms with E-state index in [-0.39, 0.29) is 0 Å². The highest BCUT2D eigenvalue weighted by atomic mass is 16.5. The van der Waals surface area contributed by atoms with Crippen molar-refractivity contribution in [2.75, 3.05) is 25.2 Å². The molecule has 84 valence electrons. The van der Waals surface area contributed by atoms with Gasteiger partial charge in [-0.25, -0.2) is 10.8 Å². The third-order valence-corrected chi connectivity index (χ3v) is 1.68. The first-order valence-electron chi connectivity index (χ1n) is 4.79. The smallest absolute Gasteiger partial charge is 0.158 e. The van der Waals surface area contributed by atoms with Crippen LogP contribution in [0.1, 0.15) is 12.6 Å². The normalized spacial score (nSPS) is 10.3. The van der Waals surface area contributed by atoms with E-state index in [1.54, 1.807) is 12.4 Å². The highest BCUT2D eigenvalue weighted by Crippen LogP contribution is 2.00. The summed E-state index contributed by atoms with van der Waals surface area (Å²) in [4.78, 5) is 8.10. The number of aromatic nitrogens is 2. The molecule has 1 heterocycles. The second-order valence-corrected chi connectivity index (χ2v) is 2.79. The van der Waals surface area contributed by atoms with Gasteiger partial charge in [0, 0.05) is 6.61 Å². The highest BCUT2D eigenvalue weighted by Gasteiger charge is 1.96. The van der Waals surface area contributed by atoms with Gasteiger partial charge in [-0.1, -0.05) is 0 Å². The average Bonchev–Trinajstić information content (AvgIpc) is 2.30. The summed E-state index contributed by atoms with van der Waals surface area (Å²) >= 11 is 0. The van der Waals surface area contributed by atoms with Gasteiger partial charge in [-0.3, -0.25) is 4.98 Å². The van der Waals surface area contributed by atoms with Crippen LogP contribution in [-0.2, 0) is 16.1 Å². The third-order valence-electron chi connectivity index (χ3n) is 1.68. The molecule has 0 unspecified atom stereocenters. The zero-order chi connectivity index (χ0) is 10.9. The molecular weight excluding hydrogens is 196 g/mol. The van der Waals surface area contributed by atoms with E-state index in [9.17, 15) is 0 Å². The van der Waals surface area contributed by atoms with E-state index in [0.717, 1.165) is 5.69 Å². The lowest BCUT2D eigenvalue weighted by Gasteiger charge is -2.04. The number of hydrogen-bond acceptors (Lipinski definition) is 6. The molecule has 0 amide bonds. The lowest BCUT2D eigenvalue weighted by atomic mass is 10.5. The number of nitrogens with one attached hydrogen (secondary N) is 1. The Kier molecular flexibility index (Phi) is 5.60. The van der Waals surface area contributed by atoms with E-state index in [1.807, 2.05) is 6.92 Å². The molecule has 6 heteroatoms. The molecule has 0 aliphatic heterocycles. The predicted molar refractivity (Wildman–Crippen MR) is 56.0 cm³/mol. The molecule has 0 aromatic carbocycles. The summed E-state index contributed by atoms with van der Waals surface area (Å²) in [6.07, 6.45) is 3.18. The van der Waals surface area contributed by atoms with Crippen LogP contribution in [-0.4, -0.2) is 29.8 Å². The minimum Gasteiger partial charge on any atom is -0.379 e. The maximum Gasteiger partial charge on any atom is 0.158 e. The van der Waals surface area contributed by atoms with Crippen LogP contribution in [0.2, 0.25) is 0 Å². The van der Waals surface area contributed by atoms with Crippen molar-refractivity contribution in [2.45, 2.75) is 13.5 Å². The molecule has 0 spiro atoms. The van der Waals surface area contributed by atoms with Gasteiger partial charge in [0.05, 0.1) is 37.9 Å². The molecule has 3 N–H and O–H groups in total. The first kappa shape index (κ1) is 11.8. The van der Waals surface area contributed by atoms with Crippen LogP contribution < -0.4 is 11.3 Å². The van der Waals surface area contributed by atoms with Crippen LogP contribution >= 0.6 is 0 Å². The Morgan fingerprint density at radius 1 is 1.27 bits per heavy atom. The molecule has 1 aromatic rings. The zero-order valence-electron chi connectivity index (χ0n) is 8.77. The molecule has 0 fully saturated rings. The Hall–Kier alpha value is -1.24. The van der Waals surface area contributed by atoms with Crippen LogP contribution in [0.4, 0.5) is 5.82 Å². The van der Waals surface area contributed by atoms with Crippen molar-refractivity contribution in [3.8, 4) is 0 Å². The highest BCUT2D eigenvalue weighted by molar-refractivity contribution is 5.28. The number of nitrogens with zero attached hydrogens (tertiary/aromatic N) is 2. The maximum absolute atomic E-state index is 5.32. The summed E-state index contributed by atoms with van der Waals surface area (Å²) in [6, 6.07) is 0. The largest absolute Gasteiger partial charge is 0.379 e. The summed E-state index contributed by atoms with van der Waals surface area (Å²) < 4.78 is 10.4. The van der Waals surface area contributed by atoms with E-state index in [4.69, 9.17) is 15.3 Å². The van der Waals surface area contributed by atoms with Gasteiger partial charge in [0.2, 0.25) is 0 Å². The molecule has 1 aromatic heterocycles. The van der Waals surface area contributed by atoms with Gasteiger partial charge in [-0.2, -0.15) is 0 Å². The van der Waals surface area contributed by atoms with Crippen LogP contribution in [0, 0.1) is 0 Å². The van der Waals surface area contributed by atoms with Crippen LogP contribution in [0.25, 0.3) is 0 Å². The Bertz CT molecular complexity index is 265. The molecule has 0 atom stereocenters. The minimum absolute atomic E-state index is 0.435. The topological polar surface area (TPSA) is 82.3 Å². The van der Waals surface area contributed by atoms with Gasteiger partial charge >= 0.3 is 0 Å². The van der Waals surface area contributed by atoms with Gasteiger partial charge in [0.25, 0.3) is 0 Å².